The zero-order valence-corrected chi connectivity index (χ0v) is 16.2. The Labute approximate surface area is 160 Å². The van der Waals surface area contributed by atoms with E-state index in [1.165, 1.54) is 6.42 Å². The van der Waals surface area contributed by atoms with Crippen molar-refractivity contribution < 1.29 is 14.3 Å². The summed E-state index contributed by atoms with van der Waals surface area (Å²) in [6, 6.07) is 9.40. The van der Waals surface area contributed by atoms with Crippen LogP contribution in [-0.2, 0) is 0 Å². The smallest absolute Gasteiger partial charge is 0.257 e. The number of hydrogen-bond acceptors (Lipinski definition) is 5. The zero-order valence-electron chi connectivity index (χ0n) is 16.2. The number of carbonyl (C=O) groups is 1. The Morgan fingerprint density at radius 3 is 2.56 bits per heavy atom. The summed E-state index contributed by atoms with van der Waals surface area (Å²) in [5.41, 5.74) is 1.64. The molecule has 1 aromatic heterocycles. The molecule has 0 spiro atoms. The molecule has 1 N–H and O–H groups in total. The first kappa shape index (κ1) is 19.0. The fourth-order valence-corrected chi connectivity index (χ4v) is 3.37. The lowest BCUT2D eigenvalue weighted by atomic mass is 10.1. The number of benzene rings is 1. The average Bonchev–Trinajstić information content (AvgIpc) is 2.73. The maximum absolute atomic E-state index is 12.9. The molecule has 0 bridgehead atoms. The molecule has 0 aliphatic carbocycles. The van der Waals surface area contributed by atoms with Crippen LogP contribution >= 0.6 is 0 Å². The number of nitrogens with one attached hydrogen (secondary N) is 1. The Balaban J connectivity index is 1.80. The summed E-state index contributed by atoms with van der Waals surface area (Å²) >= 11 is 0. The molecule has 27 heavy (non-hydrogen) atoms. The summed E-state index contributed by atoms with van der Waals surface area (Å²) in [5, 5.41) is 3.38. The van der Waals surface area contributed by atoms with E-state index in [2.05, 4.69) is 10.3 Å². The van der Waals surface area contributed by atoms with Crippen molar-refractivity contribution in [3.8, 4) is 11.5 Å². The zero-order chi connectivity index (χ0) is 19.2. The van der Waals surface area contributed by atoms with Crippen LogP contribution in [0, 0.1) is 0 Å². The van der Waals surface area contributed by atoms with Gasteiger partial charge in [0.05, 0.1) is 25.8 Å². The van der Waals surface area contributed by atoms with Crippen LogP contribution in [0.2, 0.25) is 0 Å². The first-order valence-corrected chi connectivity index (χ1v) is 9.36. The van der Waals surface area contributed by atoms with E-state index >= 15 is 0 Å². The Hall–Kier alpha value is -2.76. The number of ether oxygens (including phenoxy) is 2. The molecule has 1 aliphatic heterocycles. The number of pyridine rings is 1. The topological polar surface area (TPSA) is 63.7 Å². The van der Waals surface area contributed by atoms with Crippen molar-refractivity contribution in [1.82, 2.24) is 9.88 Å². The minimum Gasteiger partial charge on any atom is -0.493 e. The lowest BCUT2D eigenvalue weighted by Gasteiger charge is -2.27. The maximum Gasteiger partial charge on any atom is 0.257 e. The summed E-state index contributed by atoms with van der Waals surface area (Å²) in [6.07, 6.45) is 5.03. The van der Waals surface area contributed by atoms with Crippen LogP contribution in [-0.4, -0.2) is 43.1 Å². The van der Waals surface area contributed by atoms with E-state index in [9.17, 15) is 4.79 Å². The number of amides is 1. The van der Waals surface area contributed by atoms with Crippen LogP contribution in [0.4, 0.5) is 5.82 Å². The van der Waals surface area contributed by atoms with Crippen LogP contribution in [0.15, 0.2) is 36.5 Å². The van der Waals surface area contributed by atoms with Crippen molar-refractivity contribution in [2.45, 2.75) is 32.2 Å². The molecule has 1 fully saturated rings. The van der Waals surface area contributed by atoms with E-state index in [1.807, 2.05) is 42.2 Å². The normalized spacial score (nSPS) is 15.1. The highest BCUT2D eigenvalue weighted by molar-refractivity contribution is 5.98. The molecule has 1 amide bonds. The lowest BCUT2D eigenvalue weighted by molar-refractivity contribution is 0.0725. The van der Waals surface area contributed by atoms with Crippen molar-refractivity contribution in [3.63, 3.8) is 0 Å². The largest absolute Gasteiger partial charge is 0.493 e. The highest BCUT2D eigenvalue weighted by Crippen LogP contribution is 2.31. The Kier molecular flexibility index (Phi) is 6.16. The molecule has 3 rings (SSSR count). The van der Waals surface area contributed by atoms with Gasteiger partial charge in [-0.15, -0.1) is 0 Å². The fourth-order valence-electron chi connectivity index (χ4n) is 3.37. The highest BCUT2D eigenvalue weighted by atomic mass is 16.5. The molecule has 144 valence electrons. The lowest BCUT2D eigenvalue weighted by Crippen LogP contribution is -2.36. The predicted molar refractivity (Wildman–Crippen MR) is 106 cm³/mol. The van der Waals surface area contributed by atoms with Crippen molar-refractivity contribution in [2.75, 3.05) is 32.6 Å². The van der Waals surface area contributed by atoms with Gasteiger partial charge in [0, 0.05) is 19.3 Å². The molecular formula is C21H27N3O3. The predicted octanol–water partition coefficient (Wildman–Crippen LogP) is 3.90. The SMILES string of the molecule is COc1ccc(C(C)Nc2ncccc2C(=O)N2CCCCC2)cc1OC. The van der Waals surface area contributed by atoms with Crippen molar-refractivity contribution in [2.24, 2.45) is 0 Å². The van der Waals surface area contributed by atoms with Crippen LogP contribution in [0.5, 0.6) is 11.5 Å². The van der Waals surface area contributed by atoms with Crippen molar-refractivity contribution in [1.29, 1.82) is 0 Å². The quantitative estimate of drug-likeness (QED) is 0.837. The third-order valence-electron chi connectivity index (χ3n) is 4.94. The molecule has 6 nitrogen and oxygen atoms in total. The third-order valence-corrected chi connectivity index (χ3v) is 4.94. The Morgan fingerprint density at radius 2 is 1.85 bits per heavy atom. The number of methoxy groups -OCH3 is 2. The van der Waals surface area contributed by atoms with Gasteiger partial charge in [0.2, 0.25) is 0 Å². The molecular weight excluding hydrogens is 342 g/mol. The summed E-state index contributed by atoms with van der Waals surface area (Å²) in [4.78, 5) is 19.3. The number of anilines is 1. The van der Waals surface area contributed by atoms with Gasteiger partial charge in [0.15, 0.2) is 11.5 Å². The van der Waals surface area contributed by atoms with Gasteiger partial charge < -0.3 is 19.7 Å². The molecule has 2 aromatic rings. The third kappa shape index (κ3) is 4.32. The fraction of sp³-hybridized carbons (Fsp3) is 0.429. The molecule has 1 saturated heterocycles. The van der Waals surface area contributed by atoms with Gasteiger partial charge in [-0.3, -0.25) is 4.79 Å². The second-order valence-corrected chi connectivity index (χ2v) is 6.73. The maximum atomic E-state index is 12.9. The summed E-state index contributed by atoms with van der Waals surface area (Å²) < 4.78 is 10.7. The number of rotatable bonds is 6. The van der Waals surface area contributed by atoms with Crippen LogP contribution in [0.25, 0.3) is 0 Å². The minimum absolute atomic E-state index is 0.0461. The van der Waals surface area contributed by atoms with Gasteiger partial charge in [-0.25, -0.2) is 4.98 Å². The van der Waals surface area contributed by atoms with E-state index in [4.69, 9.17) is 9.47 Å². The van der Waals surface area contributed by atoms with E-state index in [1.54, 1.807) is 20.4 Å². The number of piperidine rings is 1. The molecule has 1 atom stereocenters. The van der Waals surface area contributed by atoms with Crippen molar-refractivity contribution >= 4 is 11.7 Å². The molecule has 0 saturated carbocycles. The van der Waals surface area contributed by atoms with E-state index < -0.39 is 0 Å². The van der Waals surface area contributed by atoms with Gasteiger partial charge in [-0.2, -0.15) is 0 Å². The first-order chi connectivity index (χ1) is 13.1. The van der Waals surface area contributed by atoms with Gasteiger partial charge >= 0.3 is 0 Å². The van der Waals surface area contributed by atoms with Crippen LogP contribution in [0.3, 0.4) is 0 Å². The minimum atomic E-state index is -0.0485. The summed E-state index contributed by atoms with van der Waals surface area (Å²) in [5.74, 6) is 2.02. The number of hydrogen-bond donors (Lipinski definition) is 1. The summed E-state index contributed by atoms with van der Waals surface area (Å²) in [6.45, 7) is 3.67. The number of nitrogens with zero attached hydrogens (tertiary/aromatic N) is 2. The van der Waals surface area contributed by atoms with Crippen LogP contribution < -0.4 is 14.8 Å². The van der Waals surface area contributed by atoms with Gasteiger partial charge in [0.1, 0.15) is 5.82 Å². The van der Waals surface area contributed by atoms with E-state index in [-0.39, 0.29) is 11.9 Å². The number of carbonyl (C=O) groups excluding carboxylic acids is 1. The highest BCUT2D eigenvalue weighted by Gasteiger charge is 2.22. The monoisotopic (exact) mass is 369 g/mol. The molecule has 6 heteroatoms. The van der Waals surface area contributed by atoms with Gasteiger partial charge in [-0.05, 0) is 56.0 Å². The standard InChI is InChI=1S/C21H27N3O3/c1-15(16-9-10-18(26-2)19(14-16)27-3)23-20-17(8-7-11-22-20)21(25)24-12-5-4-6-13-24/h7-11,14-15H,4-6,12-13H2,1-3H3,(H,22,23). The molecule has 2 heterocycles. The first-order valence-electron chi connectivity index (χ1n) is 9.36. The molecule has 1 unspecified atom stereocenters. The van der Waals surface area contributed by atoms with Crippen molar-refractivity contribution in [3.05, 3.63) is 47.7 Å². The summed E-state index contributed by atoms with van der Waals surface area (Å²) in [7, 11) is 3.24. The van der Waals surface area contributed by atoms with Gasteiger partial charge in [-0.1, -0.05) is 6.07 Å². The molecule has 1 aliphatic rings. The van der Waals surface area contributed by atoms with Gasteiger partial charge in [0.25, 0.3) is 5.91 Å². The molecule has 1 aromatic carbocycles. The Bertz CT molecular complexity index is 788. The second-order valence-electron chi connectivity index (χ2n) is 6.73. The van der Waals surface area contributed by atoms with E-state index in [0.717, 1.165) is 31.5 Å². The second kappa shape index (κ2) is 8.75. The number of aromatic nitrogens is 1. The average molecular weight is 369 g/mol. The van der Waals surface area contributed by atoms with E-state index in [0.29, 0.717) is 22.9 Å². The Morgan fingerprint density at radius 1 is 1.11 bits per heavy atom. The van der Waals surface area contributed by atoms with Crippen LogP contribution in [0.1, 0.15) is 48.1 Å². The number of likely N-dealkylation sites (tertiary alicyclic amines) is 1. The molecule has 0 radical (unpaired) electrons.